The predicted octanol–water partition coefficient (Wildman–Crippen LogP) is 4.54. The Balaban J connectivity index is 1.71. The average Bonchev–Trinajstić information content (AvgIpc) is 2.93. The number of benzene rings is 2. The molecule has 2 aromatic carbocycles. The Kier molecular flexibility index (Phi) is 11.8. The summed E-state index contributed by atoms with van der Waals surface area (Å²) in [7, 11) is -4.45. The summed E-state index contributed by atoms with van der Waals surface area (Å²) in [4.78, 5) is 29.9. The molecule has 0 aliphatic rings. The van der Waals surface area contributed by atoms with Crippen LogP contribution in [0.5, 0.6) is 0 Å². The first kappa shape index (κ1) is 33.7. The number of halogens is 3. The largest absolute Gasteiger partial charge is 0.416 e. The van der Waals surface area contributed by atoms with Crippen LogP contribution in [-0.2, 0) is 32.4 Å². The number of aromatic nitrogens is 1. The Morgan fingerprint density at radius 3 is 2.40 bits per heavy atom. The van der Waals surface area contributed by atoms with E-state index in [0.29, 0.717) is 13.0 Å². The zero-order valence-corrected chi connectivity index (χ0v) is 24.7. The van der Waals surface area contributed by atoms with Crippen LogP contribution in [0.1, 0.15) is 48.1 Å². The van der Waals surface area contributed by atoms with E-state index < -0.39 is 33.5 Å². The molecule has 0 aliphatic carbocycles. The van der Waals surface area contributed by atoms with Gasteiger partial charge in [-0.25, -0.2) is 0 Å². The number of rotatable bonds is 14. The fraction of sp³-hybridized carbons (Fsp3) is 0.367. The van der Waals surface area contributed by atoms with E-state index in [1.807, 2.05) is 49.1 Å². The molecule has 0 fully saturated rings. The monoisotopic (exact) mass is 620 g/mol. The molecule has 3 N–H and O–H groups in total. The molecule has 43 heavy (non-hydrogen) atoms. The molecule has 0 saturated heterocycles. The highest BCUT2D eigenvalue weighted by Crippen LogP contribution is 2.34. The molecule has 0 bridgehead atoms. The van der Waals surface area contributed by atoms with Crippen molar-refractivity contribution in [2.24, 2.45) is 0 Å². The van der Waals surface area contributed by atoms with Gasteiger partial charge in [-0.05, 0) is 72.8 Å². The van der Waals surface area contributed by atoms with Crippen molar-refractivity contribution in [2.45, 2.75) is 45.5 Å². The van der Waals surface area contributed by atoms with Crippen LogP contribution >= 0.6 is 0 Å². The fourth-order valence-corrected chi connectivity index (χ4v) is 5.12. The van der Waals surface area contributed by atoms with E-state index in [2.05, 4.69) is 15.6 Å². The molecular formula is C30H35F3N4O5S. The third-order valence-electron chi connectivity index (χ3n) is 6.88. The summed E-state index contributed by atoms with van der Waals surface area (Å²) < 4.78 is 71.5. The lowest BCUT2D eigenvalue weighted by Crippen LogP contribution is -2.37. The summed E-state index contributed by atoms with van der Waals surface area (Å²) in [6.07, 6.45) is -0.607. The van der Waals surface area contributed by atoms with Crippen molar-refractivity contribution >= 4 is 21.9 Å². The van der Waals surface area contributed by atoms with Gasteiger partial charge in [-0.1, -0.05) is 36.4 Å². The molecule has 0 radical (unpaired) electrons. The maximum absolute atomic E-state index is 13.8. The van der Waals surface area contributed by atoms with Crippen molar-refractivity contribution in [3.05, 3.63) is 89.2 Å². The standard InChI is InChI=1S/C30H35F3N4O5S/c1-21-18-34-13-12-26(21)24-9-5-8-23(17-24)22(2)37(19-25-7-3-4-10-27(25)30(31,32)33)16-6-11-28(38)35-14-15-36-29(39)20-43(40,41)42/h3-5,7-10,12-13,17-18,22H,6,11,14-16,19-20H2,1-2H3,(H,35,38)(H,36,39)(H,40,41,42)/t22-/m0/s1. The minimum absolute atomic E-state index is 0.0107. The van der Waals surface area contributed by atoms with Gasteiger partial charge in [0.05, 0.1) is 5.56 Å². The van der Waals surface area contributed by atoms with Crippen molar-refractivity contribution in [1.29, 1.82) is 0 Å². The van der Waals surface area contributed by atoms with Crippen molar-refractivity contribution < 1.29 is 35.7 Å². The van der Waals surface area contributed by atoms with Crippen molar-refractivity contribution in [3.8, 4) is 11.1 Å². The highest BCUT2D eigenvalue weighted by molar-refractivity contribution is 7.86. The summed E-state index contributed by atoms with van der Waals surface area (Å²) in [5.41, 5.74) is 3.29. The zero-order chi connectivity index (χ0) is 31.6. The Morgan fingerprint density at radius 2 is 1.72 bits per heavy atom. The van der Waals surface area contributed by atoms with Crippen molar-refractivity contribution in [1.82, 2.24) is 20.5 Å². The van der Waals surface area contributed by atoms with Crippen LogP contribution < -0.4 is 10.6 Å². The first-order valence-corrected chi connectivity index (χ1v) is 15.2. The van der Waals surface area contributed by atoms with Gasteiger partial charge in [0.25, 0.3) is 10.1 Å². The molecule has 13 heteroatoms. The number of nitrogens with one attached hydrogen (secondary N) is 2. The zero-order valence-electron chi connectivity index (χ0n) is 23.9. The number of aryl methyl sites for hydroxylation is 1. The molecule has 2 amide bonds. The van der Waals surface area contributed by atoms with Gasteiger partial charge in [0.1, 0.15) is 0 Å². The summed E-state index contributed by atoms with van der Waals surface area (Å²) in [5.74, 6) is -2.30. The third-order valence-corrected chi connectivity index (χ3v) is 7.50. The average molecular weight is 621 g/mol. The number of hydrogen-bond donors (Lipinski definition) is 3. The third kappa shape index (κ3) is 10.8. The SMILES string of the molecule is Cc1cnccc1-c1cccc([C@H](C)N(CCCC(=O)NCCNC(=O)CS(=O)(=O)O)Cc2ccccc2C(F)(F)F)c1. The van der Waals surface area contributed by atoms with Crippen molar-refractivity contribution in [2.75, 3.05) is 25.4 Å². The van der Waals surface area contributed by atoms with Crippen LogP contribution in [0, 0.1) is 6.92 Å². The Bertz CT molecular complexity index is 1520. The van der Waals surface area contributed by atoms with E-state index in [4.69, 9.17) is 4.55 Å². The molecule has 0 unspecified atom stereocenters. The summed E-state index contributed by atoms with van der Waals surface area (Å²) >= 11 is 0. The van der Waals surface area contributed by atoms with Gasteiger partial charge < -0.3 is 10.6 Å². The summed E-state index contributed by atoms with van der Waals surface area (Å²) in [6, 6.07) is 14.9. The maximum Gasteiger partial charge on any atom is 0.416 e. The van der Waals surface area contributed by atoms with E-state index >= 15 is 0 Å². The van der Waals surface area contributed by atoms with E-state index in [9.17, 15) is 31.2 Å². The van der Waals surface area contributed by atoms with Gasteiger partial charge in [0, 0.05) is 44.5 Å². The number of pyridine rings is 1. The molecule has 1 heterocycles. The fourth-order valence-electron chi connectivity index (χ4n) is 4.69. The second-order valence-corrected chi connectivity index (χ2v) is 11.6. The molecule has 0 aliphatic heterocycles. The van der Waals surface area contributed by atoms with Crippen LogP contribution in [0.25, 0.3) is 11.1 Å². The molecule has 232 valence electrons. The number of hydrogen-bond acceptors (Lipinski definition) is 6. The van der Waals surface area contributed by atoms with E-state index in [-0.39, 0.29) is 43.6 Å². The molecule has 1 atom stereocenters. The van der Waals surface area contributed by atoms with Crippen LogP contribution in [0.15, 0.2) is 67.0 Å². The Morgan fingerprint density at radius 1 is 1.02 bits per heavy atom. The maximum atomic E-state index is 13.8. The lowest BCUT2D eigenvalue weighted by atomic mass is 9.97. The van der Waals surface area contributed by atoms with Crippen LogP contribution in [-0.4, -0.2) is 60.1 Å². The number of alkyl halides is 3. The van der Waals surface area contributed by atoms with Gasteiger partial charge in [-0.3, -0.25) is 24.0 Å². The normalized spacial score (nSPS) is 12.6. The van der Waals surface area contributed by atoms with Crippen molar-refractivity contribution in [3.63, 3.8) is 0 Å². The van der Waals surface area contributed by atoms with Crippen LogP contribution in [0.2, 0.25) is 0 Å². The predicted molar refractivity (Wildman–Crippen MR) is 156 cm³/mol. The second-order valence-electron chi connectivity index (χ2n) is 10.1. The van der Waals surface area contributed by atoms with E-state index in [1.165, 1.54) is 12.1 Å². The molecule has 3 aromatic rings. The van der Waals surface area contributed by atoms with Crippen LogP contribution in [0.4, 0.5) is 13.2 Å². The second kappa shape index (κ2) is 15.1. The van der Waals surface area contributed by atoms with Crippen LogP contribution in [0.3, 0.4) is 0 Å². The number of carbonyl (C=O) groups is 2. The smallest absolute Gasteiger partial charge is 0.354 e. The minimum atomic E-state index is -4.51. The lowest BCUT2D eigenvalue weighted by Gasteiger charge is -2.31. The molecular weight excluding hydrogens is 585 g/mol. The van der Waals surface area contributed by atoms with Gasteiger partial charge in [0.15, 0.2) is 5.75 Å². The summed E-state index contributed by atoms with van der Waals surface area (Å²) in [6.45, 7) is 4.21. The first-order chi connectivity index (χ1) is 20.2. The highest BCUT2D eigenvalue weighted by atomic mass is 32.2. The summed E-state index contributed by atoms with van der Waals surface area (Å²) in [5, 5.41) is 4.88. The number of nitrogens with zero attached hydrogens (tertiary/aromatic N) is 2. The molecule has 0 saturated carbocycles. The van der Waals surface area contributed by atoms with Gasteiger partial charge in [0.2, 0.25) is 11.8 Å². The van der Waals surface area contributed by atoms with Gasteiger partial charge in [-0.2, -0.15) is 21.6 Å². The van der Waals surface area contributed by atoms with Gasteiger partial charge in [-0.15, -0.1) is 0 Å². The highest BCUT2D eigenvalue weighted by Gasteiger charge is 2.33. The lowest BCUT2D eigenvalue weighted by molar-refractivity contribution is -0.138. The van der Waals surface area contributed by atoms with Gasteiger partial charge >= 0.3 is 6.18 Å². The van der Waals surface area contributed by atoms with E-state index in [1.54, 1.807) is 18.5 Å². The number of amides is 2. The molecule has 1 aromatic heterocycles. The Hall–Kier alpha value is -3.81. The number of carbonyl (C=O) groups excluding carboxylic acids is 2. The first-order valence-electron chi connectivity index (χ1n) is 13.6. The molecule has 9 nitrogen and oxygen atoms in total. The Labute approximate surface area is 249 Å². The minimum Gasteiger partial charge on any atom is -0.354 e. The molecule has 0 spiro atoms. The quantitative estimate of drug-likeness (QED) is 0.178. The topological polar surface area (TPSA) is 129 Å². The van der Waals surface area contributed by atoms with E-state index in [0.717, 1.165) is 28.3 Å². The molecule has 3 rings (SSSR count).